The lowest BCUT2D eigenvalue weighted by molar-refractivity contribution is 0.0270. The van der Waals surface area contributed by atoms with Gasteiger partial charge in [-0.15, -0.1) is 11.3 Å². The van der Waals surface area contributed by atoms with Crippen LogP contribution in [-0.4, -0.2) is 51.9 Å². The first-order valence-electron chi connectivity index (χ1n) is 7.07. The average molecular weight is 313 g/mol. The highest BCUT2D eigenvalue weighted by atomic mass is 32.1. The average Bonchev–Trinajstić information content (AvgIpc) is 2.97. The van der Waals surface area contributed by atoms with Crippen molar-refractivity contribution in [2.24, 2.45) is 0 Å². The van der Waals surface area contributed by atoms with Gasteiger partial charge in [0.25, 0.3) is 0 Å². The molecular formula is C14H23N3O3S. The zero-order valence-corrected chi connectivity index (χ0v) is 13.7. The molecule has 0 saturated carbocycles. The van der Waals surface area contributed by atoms with Crippen LogP contribution in [0.1, 0.15) is 38.7 Å². The summed E-state index contributed by atoms with van der Waals surface area (Å²) >= 11 is 1.57. The predicted octanol–water partition coefficient (Wildman–Crippen LogP) is 1.77. The molecule has 1 aromatic rings. The Hall–Kier alpha value is -1.18. The molecule has 0 spiro atoms. The van der Waals surface area contributed by atoms with Gasteiger partial charge < -0.3 is 20.1 Å². The number of nitrogens with one attached hydrogen (secondary N) is 1. The number of likely N-dealkylation sites (tertiary alicyclic amines) is 1. The second kappa shape index (κ2) is 6.29. The number of aliphatic hydroxyl groups excluding tert-OH is 1. The van der Waals surface area contributed by atoms with Crippen LogP contribution in [0.5, 0.6) is 0 Å². The number of rotatable bonds is 3. The second-order valence-corrected chi connectivity index (χ2v) is 7.24. The van der Waals surface area contributed by atoms with E-state index in [0.29, 0.717) is 6.54 Å². The van der Waals surface area contributed by atoms with E-state index < -0.39 is 11.7 Å². The molecule has 1 amide bonds. The third-order valence-electron chi connectivity index (χ3n) is 3.23. The molecule has 0 aliphatic carbocycles. The summed E-state index contributed by atoms with van der Waals surface area (Å²) in [4.78, 5) is 17.8. The van der Waals surface area contributed by atoms with E-state index in [0.717, 1.165) is 5.01 Å². The van der Waals surface area contributed by atoms with Crippen LogP contribution in [0.3, 0.4) is 0 Å². The first-order chi connectivity index (χ1) is 9.76. The minimum absolute atomic E-state index is 0.0447. The number of aromatic nitrogens is 1. The van der Waals surface area contributed by atoms with Crippen LogP contribution in [0.25, 0.3) is 0 Å². The van der Waals surface area contributed by atoms with Crippen molar-refractivity contribution < 1.29 is 14.6 Å². The van der Waals surface area contributed by atoms with Crippen molar-refractivity contribution in [2.45, 2.75) is 51.5 Å². The normalized spacial score (nSPS) is 24.1. The van der Waals surface area contributed by atoms with Gasteiger partial charge in [-0.3, -0.25) is 0 Å². The largest absolute Gasteiger partial charge is 0.444 e. The fourth-order valence-corrected chi connectivity index (χ4v) is 2.92. The highest BCUT2D eigenvalue weighted by molar-refractivity contribution is 7.09. The van der Waals surface area contributed by atoms with Gasteiger partial charge in [-0.05, 0) is 27.7 Å². The maximum Gasteiger partial charge on any atom is 0.410 e. The molecule has 2 heterocycles. The minimum Gasteiger partial charge on any atom is -0.444 e. The van der Waals surface area contributed by atoms with Gasteiger partial charge in [-0.25, -0.2) is 9.78 Å². The fourth-order valence-electron chi connectivity index (χ4n) is 2.27. The first kappa shape index (κ1) is 16.2. The molecule has 6 nitrogen and oxygen atoms in total. The van der Waals surface area contributed by atoms with Crippen LogP contribution < -0.4 is 5.32 Å². The van der Waals surface area contributed by atoms with Gasteiger partial charge in [0.2, 0.25) is 0 Å². The molecule has 3 atom stereocenters. The lowest BCUT2D eigenvalue weighted by Crippen LogP contribution is -2.41. The zero-order valence-electron chi connectivity index (χ0n) is 12.9. The number of carbonyl (C=O) groups is 1. The van der Waals surface area contributed by atoms with Crippen LogP contribution in [0.15, 0.2) is 11.6 Å². The summed E-state index contributed by atoms with van der Waals surface area (Å²) in [5.74, 6) is 0. The molecule has 118 valence electrons. The van der Waals surface area contributed by atoms with Crippen molar-refractivity contribution in [1.29, 1.82) is 0 Å². The monoisotopic (exact) mass is 313 g/mol. The summed E-state index contributed by atoms with van der Waals surface area (Å²) in [7, 11) is 0. The highest BCUT2D eigenvalue weighted by Gasteiger charge is 2.36. The van der Waals surface area contributed by atoms with Crippen molar-refractivity contribution in [3.8, 4) is 0 Å². The van der Waals surface area contributed by atoms with Crippen molar-refractivity contribution in [2.75, 3.05) is 13.1 Å². The lowest BCUT2D eigenvalue weighted by atomic mass is 10.2. The van der Waals surface area contributed by atoms with Crippen molar-refractivity contribution >= 4 is 17.4 Å². The van der Waals surface area contributed by atoms with E-state index in [4.69, 9.17) is 4.74 Å². The number of hydrogen-bond acceptors (Lipinski definition) is 6. The van der Waals surface area contributed by atoms with Gasteiger partial charge in [-0.2, -0.15) is 0 Å². The fraction of sp³-hybridized carbons (Fsp3) is 0.714. The number of ether oxygens (including phenoxy) is 1. The van der Waals surface area contributed by atoms with E-state index in [-0.39, 0.29) is 24.7 Å². The molecule has 1 aromatic heterocycles. The SMILES string of the molecule is CC(N[C@H]1CN(C(=O)OC(C)(C)C)C[C@@H]1O)c1nccs1. The highest BCUT2D eigenvalue weighted by Crippen LogP contribution is 2.20. The Morgan fingerprint density at radius 2 is 2.29 bits per heavy atom. The van der Waals surface area contributed by atoms with Crippen LogP contribution in [0, 0.1) is 0 Å². The molecular weight excluding hydrogens is 290 g/mol. The zero-order chi connectivity index (χ0) is 15.6. The lowest BCUT2D eigenvalue weighted by Gasteiger charge is -2.24. The minimum atomic E-state index is -0.597. The third kappa shape index (κ3) is 4.39. The van der Waals surface area contributed by atoms with E-state index >= 15 is 0 Å². The number of nitrogens with zero attached hydrogens (tertiary/aromatic N) is 2. The molecule has 0 bridgehead atoms. The molecule has 0 radical (unpaired) electrons. The Morgan fingerprint density at radius 3 is 2.86 bits per heavy atom. The number of thiazole rings is 1. The number of amides is 1. The van der Waals surface area contributed by atoms with Crippen molar-refractivity contribution in [1.82, 2.24) is 15.2 Å². The van der Waals surface area contributed by atoms with E-state index in [1.807, 2.05) is 33.1 Å². The summed E-state index contributed by atoms with van der Waals surface area (Å²) in [6.07, 6.45) is 0.781. The Labute approximate surface area is 129 Å². The Balaban J connectivity index is 1.90. The van der Waals surface area contributed by atoms with Gasteiger partial charge in [-0.1, -0.05) is 0 Å². The van der Waals surface area contributed by atoms with Gasteiger partial charge >= 0.3 is 6.09 Å². The summed E-state index contributed by atoms with van der Waals surface area (Å²) in [5.41, 5.74) is -0.526. The maximum atomic E-state index is 12.0. The van der Waals surface area contributed by atoms with Crippen molar-refractivity contribution in [3.05, 3.63) is 16.6 Å². The molecule has 21 heavy (non-hydrogen) atoms. The van der Waals surface area contributed by atoms with Gasteiger partial charge in [0, 0.05) is 18.1 Å². The van der Waals surface area contributed by atoms with E-state index in [1.165, 1.54) is 0 Å². The van der Waals surface area contributed by atoms with E-state index in [2.05, 4.69) is 10.3 Å². The smallest absolute Gasteiger partial charge is 0.410 e. The van der Waals surface area contributed by atoms with Gasteiger partial charge in [0.1, 0.15) is 10.6 Å². The van der Waals surface area contributed by atoms with Crippen LogP contribution in [0.2, 0.25) is 0 Å². The molecule has 7 heteroatoms. The molecule has 1 unspecified atom stereocenters. The molecule has 1 fully saturated rings. The summed E-state index contributed by atoms with van der Waals surface area (Å²) in [6.45, 7) is 8.22. The molecule has 2 N–H and O–H groups in total. The van der Waals surface area contributed by atoms with Gasteiger partial charge in [0.05, 0.1) is 24.7 Å². The standard InChI is InChI=1S/C14H23N3O3S/c1-9(12-15-5-6-21-12)16-10-7-17(8-11(10)18)13(19)20-14(2,3)4/h5-6,9-11,16,18H,7-8H2,1-4H3/t9?,10-,11-/m0/s1. The van der Waals surface area contributed by atoms with E-state index in [1.54, 1.807) is 22.4 Å². The van der Waals surface area contributed by atoms with Crippen molar-refractivity contribution in [3.63, 3.8) is 0 Å². The molecule has 1 aliphatic heterocycles. The Kier molecular flexibility index (Phi) is 4.85. The second-order valence-electron chi connectivity index (χ2n) is 6.32. The number of β-amino-alcohol motifs (C(OH)–C–C–N with tert-alkyl or cyclic N) is 1. The molecule has 1 saturated heterocycles. The van der Waals surface area contributed by atoms with Gasteiger partial charge in [0.15, 0.2) is 0 Å². The van der Waals surface area contributed by atoms with Crippen LogP contribution in [-0.2, 0) is 4.74 Å². The Morgan fingerprint density at radius 1 is 1.57 bits per heavy atom. The molecule has 0 aromatic carbocycles. The number of aliphatic hydroxyl groups is 1. The summed E-state index contributed by atoms with van der Waals surface area (Å²) in [5, 5.41) is 16.3. The predicted molar refractivity (Wildman–Crippen MR) is 81.3 cm³/mol. The third-order valence-corrected chi connectivity index (χ3v) is 4.18. The van der Waals surface area contributed by atoms with Crippen LogP contribution >= 0.6 is 11.3 Å². The first-order valence-corrected chi connectivity index (χ1v) is 7.95. The number of hydrogen-bond donors (Lipinski definition) is 2. The number of carbonyl (C=O) groups excluding carboxylic acids is 1. The van der Waals surface area contributed by atoms with E-state index in [9.17, 15) is 9.90 Å². The molecule has 2 rings (SSSR count). The quantitative estimate of drug-likeness (QED) is 0.889. The summed E-state index contributed by atoms with van der Waals surface area (Å²) < 4.78 is 5.33. The summed E-state index contributed by atoms with van der Waals surface area (Å²) in [6, 6.07) is -0.125. The molecule has 1 aliphatic rings. The topological polar surface area (TPSA) is 74.7 Å². The van der Waals surface area contributed by atoms with Crippen LogP contribution in [0.4, 0.5) is 4.79 Å². The maximum absolute atomic E-state index is 12.0. The Bertz CT molecular complexity index is 472.